The second-order valence-electron chi connectivity index (χ2n) is 4.86. The third-order valence-corrected chi connectivity index (χ3v) is 3.11. The number of nitrogens with two attached hydrogens (primary N) is 1. The first-order chi connectivity index (χ1) is 8.77. The molecule has 0 aromatic heterocycles. The van der Waals surface area contributed by atoms with Crippen LogP contribution in [0.4, 0.5) is 5.69 Å². The molecule has 0 fully saturated rings. The second-order valence-corrected chi connectivity index (χ2v) is 4.86. The molecular formula is C13H19N3O3. The summed E-state index contributed by atoms with van der Waals surface area (Å²) in [5.74, 6) is -0.179. The highest BCUT2D eigenvalue weighted by atomic mass is 16.6. The Morgan fingerprint density at radius 1 is 1.53 bits per heavy atom. The number of nitrogens with zero attached hydrogens (tertiary/aromatic N) is 2. The zero-order valence-electron chi connectivity index (χ0n) is 11.4. The number of carbonyl (C=O) groups excluding carboxylic acids is 1. The van der Waals surface area contributed by atoms with Gasteiger partial charge >= 0.3 is 0 Å². The summed E-state index contributed by atoms with van der Waals surface area (Å²) in [7, 11) is 1.64. The van der Waals surface area contributed by atoms with Crippen molar-refractivity contribution in [3.8, 4) is 0 Å². The van der Waals surface area contributed by atoms with Crippen LogP contribution >= 0.6 is 0 Å². The molecule has 0 heterocycles. The first kappa shape index (κ1) is 15.1. The summed E-state index contributed by atoms with van der Waals surface area (Å²) in [6.07, 6.45) is 0.533. The molecule has 1 aromatic carbocycles. The van der Waals surface area contributed by atoms with Crippen LogP contribution in [0.15, 0.2) is 24.3 Å². The molecule has 0 aliphatic carbocycles. The highest BCUT2D eigenvalue weighted by Crippen LogP contribution is 2.16. The van der Waals surface area contributed by atoms with Crippen molar-refractivity contribution in [2.45, 2.75) is 32.4 Å². The quantitative estimate of drug-likeness (QED) is 0.648. The van der Waals surface area contributed by atoms with Crippen LogP contribution in [0.25, 0.3) is 0 Å². The van der Waals surface area contributed by atoms with Crippen LogP contribution in [-0.4, -0.2) is 28.3 Å². The summed E-state index contributed by atoms with van der Waals surface area (Å²) >= 11 is 0. The Labute approximate surface area is 112 Å². The van der Waals surface area contributed by atoms with E-state index in [9.17, 15) is 14.9 Å². The lowest BCUT2D eigenvalue weighted by molar-refractivity contribution is -0.384. The van der Waals surface area contributed by atoms with Crippen LogP contribution in [0.2, 0.25) is 0 Å². The molecule has 6 heteroatoms. The highest BCUT2D eigenvalue weighted by Gasteiger charge is 2.29. The minimum absolute atomic E-state index is 0.0179. The van der Waals surface area contributed by atoms with Crippen molar-refractivity contribution in [3.63, 3.8) is 0 Å². The van der Waals surface area contributed by atoms with Gasteiger partial charge in [-0.1, -0.05) is 19.1 Å². The van der Waals surface area contributed by atoms with Gasteiger partial charge in [0.1, 0.15) is 0 Å². The number of hydrogen-bond acceptors (Lipinski definition) is 4. The number of carbonyl (C=O) groups is 1. The molecule has 0 aliphatic heterocycles. The lowest BCUT2D eigenvalue weighted by Crippen LogP contribution is -2.51. The SMILES string of the molecule is CCC(C)(N)C(=O)N(C)Cc1cccc([N+](=O)[O-])c1. The Kier molecular flexibility index (Phi) is 4.61. The maximum absolute atomic E-state index is 12.1. The van der Waals surface area contributed by atoms with E-state index in [0.29, 0.717) is 18.5 Å². The number of hydrogen-bond donors (Lipinski definition) is 1. The monoisotopic (exact) mass is 265 g/mol. The smallest absolute Gasteiger partial charge is 0.269 e. The van der Waals surface area contributed by atoms with Crippen LogP contribution in [-0.2, 0) is 11.3 Å². The van der Waals surface area contributed by atoms with Crippen LogP contribution < -0.4 is 5.73 Å². The number of nitro groups is 1. The molecule has 0 saturated heterocycles. The third-order valence-electron chi connectivity index (χ3n) is 3.11. The Hall–Kier alpha value is -1.95. The van der Waals surface area contributed by atoms with E-state index < -0.39 is 10.5 Å². The number of amides is 1. The van der Waals surface area contributed by atoms with Gasteiger partial charge in [-0.3, -0.25) is 14.9 Å². The molecule has 1 atom stereocenters. The number of nitro benzene ring substituents is 1. The lowest BCUT2D eigenvalue weighted by atomic mass is 9.98. The van der Waals surface area contributed by atoms with E-state index >= 15 is 0 Å². The van der Waals surface area contributed by atoms with Crippen molar-refractivity contribution < 1.29 is 9.72 Å². The first-order valence-electron chi connectivity index (χ1n) is 6.05. The largest absolute Gasteiger partial charge is 0.340 e. The van der Waals surface area contributed by atoms with Crippen molar-refractivity contribution in [3.05, 3.63) is 39.9 Å². The van der Waals surface area contributed by atoms with E-state index in [1.54, 1.807) is 26.1 Å². The molecule has 0 spiro atoms. The van der Waals surface area contributed by atoms with Gasteiger partial charge in [0.05, 0.1) is 10.5 Å². The predicted molar refractivity (Wildman–Crippen MR) is 72.5 cm³/mol. The summed E-state index contributed by atoms with van der Waals surface area (Å²) < 4.78 is 0. The van der Waals surface area contributed by atoms with Gasteiger partial charge in [0, 0.05) is 25.7 Å². The average molecular weight is 265 g/mol. The summed E-state index contributed by atoms with van der Waals surface area (Å²) in [5.41, 5.74) is 5.71. The minimum atomic E-state index is -0.907. The summed E-state index contributed by atoms with van der Waals surface area (Å²) in [4.78, 5) is 23.8. The number of rotatable bonds is 5. The van der Waals surface area contributed by atoms with Crippen molar-refractivity contribution in [2.24, 2.45) is 5.73 Å². The molecule has 0 radical (unpaired) electrons. The number of non-ortho nitro benzene ring substituents is 1. The van der Waals surface area contributed by atoms with Crippen molar-refractivity contribution in [1.29, 1.82) is 0 Å². The maximum Gasteiger partial charge on any atom is 0.269 e. The summed E-state index contributed by atoms with van der Waals surface area (Å²) in [5, 5.41) is 10.7. The molecule has 0 aliphatic rings. The molecule has 1 rings (SSSR count). The molecule has 1 unspecified atom stereocenters. The fourth-order valence-corrected chi connectivity index (χ4v) is 1.70. The van der Waals surface area contributed by atoms with E-state index in [-0.39, 0.29) is 11.6 Å². The van der Waals surface area contributed by atoms with Gasteiger partial charge in [-0.05, 0) is 18.9 Å². The van der Waals surface area contributed by atoms with Crippen LogP contribution in [0.3, 0.4) is 0 Å². The normalized spacial score (nSPS) is 13.7. The van der Waals surface area contributed by atoms with Crippen molar-refractivity contribution in [1.82, 2.24) is 4.90 Å². The van der Waals surface area contributed by atoms with E-state index in [0.717, 1.165) is 0 Å². The van der Waals surface area contributed by atoms with Crippen LogP contribution in [0.1, 0.15) is 25.8 Å². The van der Waals surface area contributed by atoms with Gasteiger partial charge < -0.3 is 10.6 Å². The Balaban J connectivity index is 2.82. The van der Waals surface area contributed by atoms with Gasteiger partial charge in [-0.25, -0.2) is 0 Å². The fraction of sp³-hybridized carbons (Fsp3) is 0.462. The zero-order valence-corrected chi connectivity index (χ0v) is 11.4. The first-order valence-corrected chi connectivity index (χ1v) is 6.05. The molecular weight excluding hydrogens is 246 g/mol. The van der Waals surface area contributed by atoms with Crippen molar-refractivity contribution >= 4 is 11.6 Å². The lowest BCUT2D eigenvalue weighted by Gasteiger charge is -2.28. The Bertz CT molecular complexity index is 486. The van der Waals surface area contributed by atoms with Gasteiger partial charge in [0.2, 0.25) is 5.91 Å². The minimum Gasteiger partial charge on any atom is -0.340 e. The summed E-state index contributed by atoms with van der Waals surface area (Å²) in [6, 6.07) is 6.23. The molecule has 0 bridgehead atoms. The third kappa shape index (κ3) is 3.75. The van der Waals surface area contributed by atoms with E-state index in [2.05, 4.69) is 0 Å². The predicted octanol–water partition coefficient (Wildman–Crippen LogP) is 1.68. The number of likely N-dealkylation sites (N-methyl/N-ethyl adjacent to an activating group) is 1. The molecule has 104 valence electrons. The van der Waals surface area contributed by atoms with E-state index in [1.165, 1.54) is 17.0 Å². The standard InChI is InChI=1S/C13H19N3O3/c1-4-13(2,14)12(17)15(3)9-10-6-5-7-11(8-10)16(18)19/h5-8H,4,9,14H2,1-3H3. The van der Waals surface area contributed by atoms with Gasteiger partial charge in [0.25, 0.3) is 5.69 Å². The molecule has 19 heavy (non-hydrogen) atoms. The maximum atomic E-state index is 12.1. The molecule has 2 N–H and O–H groups in total. The molecule has 0 saturated carbocycles. The number of benzene rings is 1. The van der Waals surface area contributed by atoms with Crippen molar-refractivity contribution in [2.75, 3.05) is 7.05 Å². The van der Waals surface area contributed by atoms with E-state index in [1.807, 2.05) is 6.92 Å². The Morgan fingerprint density at radius 2 is 2.16 bits per heavy atom. The Morgan fingerprint density at radius 3 is 2.68 bits per heavy atom. The van der Waals surface area contributed by atoms with E-state index in [4.69, 9.17) is 5.73 Å². The van der Waals surface area contributed by atoms with Gasteiger partial charge in [0.15, 0.2) is 0 Å². The molecule has 1 aromatic rings. The zero-order chi connectivity index (χ0) is 14.6. The van der Waals surface area contributed by atoms with Gasteiger partial charge in [-0.2, -0.15) is 0 Å². The summed E-state index contributed by atoms with van der Waals surface area (Å²) in [6.45, 7) is 3.83. The average Bonchev–Trinajstić information content (AvgIpc) is 2.38. The van der Waals surface area contributed by atoms with Crippen LogP contribution in [0, 0.1) is 10.1 Å². The fourth-order valence-electron chi connectivity index (χ4n) is 1.70. The second kappa shape index (κ2) is 5.79. The van der Waals surface area contributed by atoms with Crippen LogP contribution in [0.5, 0.6) is 0 Å². The topological polar surface area (TPSA) is 89.5 Å². The highest BCUT2D eigenvalue weighted by molar-refractivity contribution is 5.85. The molecule has 1 amide bonds. The molecule has 6 nitrogen and oxygen atoms in total. The van der Waals surface area contributed by atoms with Gasteiger partial charge in [-0.15, -0.1) is 0 Å².